The zero-order chi connectivity index (χ0) is 19.8. The SMILES string of the molecule is CCCSc1nc2c(c(=O)n1Cc1ccco1)C1(CCCC1)Cc1ccccc1-2. The zero-order valence-electron chi connectivity index (χ0n) is 16.8. The summed E-state index contributed by atoms with van der Waals surface area (Å²) in [4.78, 5) is 19.1. The van der Waals surface area contributed by atoms with Crippen molar-refractivity contribution in [3.05, 3.63) is 69.9 Å². The van der Waals surface area contributed by atoms with Crippen molar-refractivity contribution in [1.82, 2.24) is 9.55 Å². The maximum absolute atomic E-state index is 14.0. The molecular formula is C24H26N2O2S. The number of aromatic nitrogens is 2. The number of rotatable bonds is 5. The van der Waals surface area contributed by atoms with E-state index in [0.717, 1.165) is 59.2 Å². The van der Waals surface area contributed by atoms with Crippen LogP contribution in [0, 0.1) is 0 Å². The summed E-state index contributed by atoms with van der Waals surface area (Å²) in [6, 6.07) is 12.3. The average molecular weight is 407 g/mol. The molecule has 150 valence electrons. The Bertz CT molecular complexity index is 1080. The zero-order valence-corrected chi connectivity index (χ0v) is 17.6. The molecule has 0 aliphatic heterocycles. The van der Waals surface area contributed by atoms with Gasteiger partial charge < -0.3 is 4.42 Å². The molecule has 0 bridgehead atoms. The van der Waals surface area contributed by atoms with E-state index in [1.54, 1.807) is 18.0 Å². The van der Waals surface area contributed by atoms with E-state index in [2.05, 4.69) is 31.2 Å². The second-order valence-corrected chi connectivity index (χ2v) is 9.32. The molecule has 5 heteroatoms. The van der Waals surface area contributed by atoms with Gasteiger partial charge >= 0.3 is 0 Å². The van der Waals surface area contributed by atoms with Gasteiger partial charge in [0.05, 0.1) is 24.1 Å². The van der Waals surface area contributed by atoms with Crippen LogP contribution >= 0.6 is 11.8 Å². The van der Waals surface area contributed by atoms with Crippen LogP contribution in [-0.4, -0.2) is 15.3 Å². The van der Waals surface area contributed by atoms with Crippen molar-refractivity contribution in [1.29, 1.82) is 0 Å². The van der Waals surface area contributed by atoms with E-state index in [0.29, 0.717) is 6.54 Å². The molecule has 2 aliphatic carbocycles. The third-order valence-corrected chi connectivity index (χ3v) is 7.54. The van der Waals surface area contributed by atoms with Gasteiger partial charge in [0.2, 0.25) is 0 Å². The quantitative estimate of drug-likeness (QED) is 0.419. The van der Waals surface area contributed by atoms with Gasteiger partial charge in [-0.25, -0.2) is 4.98 Å². The Morgan fingerprint density at radius 3 is 2.76 bits per heavy atom. The Labute approximate surface area is 175 Å². The number of thioether (sulfide) groups is 1. The number of furan rings is 1. The summed E-state index contributed by atoms with van der Waals surface area (Å²) in [6.45, 7) is 2.60. The molecule has 2 aromatic heterocycles. The highest BCUT2D eigenvalue weighted by atomic mass is 32.2. The minimum absolute atomic E-state index is 0.0629. The minimum atomic E-state index is -0.0629. The van der Waals surface area contributed by atoms with Crippen molar-refractivity contribution in [2.45, 2.75) is 62.6 Å². The lowest BCUT2D eigenvalue weighted by Gasteiger charge is -2.36. The highest BCUT2D eigenvalue weighted by Gasteiger charge is 2.44. The van der Waals surface area contributed by atoms with Gasteiger partial charge in [0.25, 0.3) is 5.56 Å². The fraction of sp³-hybridized carbons (Fsp3) is 0.417. The highest BCUT2D eigenvalue weighted by Crippen LogP contribution is 2.49. The van der Waals surface area contributed by atoms with Crippen LogP contribution in [0.25, 0.3) is 11.3 Å². The second kappa shape index (κ2) is 7.52. The molecule has 0 saturated heterocycles. The van der Waals surface area contributed by atoms with Crippen molar-refractivity contribution < 1.29 is 4.42 Å². The first kappa shape index (κ1) is 18.7. The molecule has 2 aliphatic rings. The van der Waals surface area contributed by atoms with Crippen molar-refractivity contribution in [3.63, 3.8) is 0 Å². The monoisotopic (exact) mass is 406 g/mol. The number of nitrogens with zero attached hydrogens (tertiary/aromatic N) is 2. The molecule has 1 saturated carbocycles. The van der Waals surface area contributed by atoms with Crippen LogP contribution in [0.1, 0.15) is 55.9 Å². The average Bonchev–Trinajstić information content (AvgIpc) is 3.41. The molecule has 0 amide bonds. The Balaban J connectivity index is 1.75. The molecule has 1 aromatic carbocycles. The molecule has 1 spiro atoms. The van der Waals surface area contributed by atoms with Crippen LogP contribution in [0.15, 0.2) is 57.0 Å². The van der Waals surface area contributed by atoms with E-state index < -0.39 is 0 Å². The van der Waals surface area contributed by atoms with E-state index in [9.17, 15) is 4.79 Å². The topological polar surface area (TPSA) is 48.0 Å². The molecule has 0 unspecified atom stereocenters. The number of fused-ring (bicyclic) bond motifs is 4. The van der Waals surface area contributed by atoms with Crippen LogP contribution in [0.4, 0.5) is 0 Å². The van der Waals surface area contributed by atoms with E-state index in [1.165, 1.54) is 18.4 Å². The molecule has 0 N–H and O–H groups in total. The summed E-state index contributed by atoms with van der Waals surface area (Å²) in [6.07, 6.45) is 8.19. The normalized spacial score (nSPS) is 16.7. The van der Waals surface area contributed by atoms with Crippen LogP contribution < -0.4 is 5.56 Å². The summed E-state index contributed by atoms with van der Waals surface area (Å²) in [5.41, 5.74) is 4.41. The van der Waals surface area contributed by atoms with E-state index in [1.807, 2.05) is 16.7 Å². The van der Waals surface area contributed by atoms with E-state index >= 15 is 0 Å². The fourth-order valence-corrected chi connectivity index (χ4v) is 5.89. The van der Waals surface area contributed by atoms with Gasteiger partial charge in [0.15, 0.2) is 5.16 Å². The molecule has 29 heavy (non-hydrogen) atoms. The Hall–Kier alpha value is -2.27. The molecule has 1 fully saturated rings. The van der Waals surface area contributed by atoms with Crippen molar-refractivity contribution >= 4 is 11.8 Å². The van der Waals surface area contributed by atoms with Crippen LogP contribution in [0.5, 0.6) is 0 Å². The van der Waals surface area contributed by atoms with Gasteiger partial charge in [-0.05, 0) is 43.4 Å². The molecule has 5 rings (SSSR count). The summed E-state index contributed by atoms with van der Waals surface area (Å²) in [5.74, 6) is 1.74. The summed E-state index contributed by atoms with van der Waals surface area (Å²) < 4.78 is 7.43. The minimum Gasteiger partial charge on any atom is -0.467 e. The standard InChI is InChI=1S/C24H26N2O2S/c1-2-14-29-23-25-21-19-10-4-3-8-17(19)15-24(11-5-6-12-24)20(21)22(27)26(23)16-18-9-7-13-28-18/h3-4,7-10,13H,2,5-6,11-12,14-16H2,1H3. The van der Waals surface area contributed by atoms with Crippen molar-refractivity contribution in [3.8, 4) is 11.3 Å². The highest BCUT2D eigenvalue weighted by molar-refractivity contribution is 7.99. The summed E-state index contributed by atoms with van der Waals surface area (Å²) in [5, 5.41) is 0.803. The van der Waals surface area contributed by atoms with Crippen LogP contribution in [0.3, 0.4) is 0 Å². The van der Waals surface area contributed by atoms with E-state index in [4.69, 9.17) is 9.40 Å². The first-order valence-electron chi connectivity index (χ1n) is 10.6. The Morgan fingerprint density at radius 2 is 2.00 bits per heavy atom. The second-order valence-electron chi connectivity index (χ2n) is 8.26. The molecule has 2 heterocycles. The van der Waals surface area contributed by atoms with Gasteiger partial charge in [-0.15, -0.1) is 0 Å². The van der Waals surface area contributed by atoms with Crippen LogP contribution in [-0.2, 0) is 18.4 Å². The van der Waals surface area contributed by atoms with Gasteiger partial charge in [0.1, 0.15) is 5.76 Å². The molecule has 4 nitrogen and oxygen atoms in total. The van der Waals surface area contributed by atoms with Crippen molar-refractivity contribution in [2.75, 3.05) is 5.75 Å². The summed E-state index contributed by atoms with van der Waals surface area (Å²) >= 11 is 1.67. The smallest absolute Gasteiger partial charge is 0.258 e. The van der Waals surface area contributed by atoms with Gasteiger partial charge in [-0.2, -0.15) is 0 Å². The third-order valence-electron chi connectivity index (χ3n) is 6.36. The largest absolute Gasteiger partial charge is 0.467 e. The fourth-order valence-electron chi connectivity index (χ4n) is 5.05. The maximum atomic E-state index is 14.0. The van der Waals surface area contributed by atoms with Crippen LogP contribution in [0.2, 0.25) is 0 Å². The first-order valence-corrected chi connectivity index (χ1v) is 11.6. The maximum Gasteiger partial charge on any atom is 0.258 e. The number of hydrogen-bond acceptors (Lipinski definition) is 4. The third kappa shape index (κ3) is 3.16. The molecule has 0 radical (unpaired) electrons. The lowest BCUT2D eigenvalue weighted by Crippen LogP contribution is -2.40. The Morgan fingerprint density at radius 1 is 1.17 bits per heavy atom. The van der Waals surface area contributed by atoms with Gasteiger partial charge in [-0.1, -0.05) is 55.8 Å². The Kier molecular flexibility index (Phi) is 4.86. The summed E-state index contributed by atoms with van der Waals surface area (Å²) in [7, 11) is 0. The molecular weight excluding hydrogens is 380 g/mol. The lowest BCUT2D eigenvalue weighted by atomic mass is 9.68. The van der Waals surface area contributed by atoms with E-state index in [-0.39, 0.29) is 11.0 Å². The first-order chi connectivity index (χ1) is 14.2. The van der Waals surface area contributed by atoms with Crippen molar-refractivity contribution in [2.24, 2.45) is 0 Å². The molecule has 3 aromatic rings. The number of benzene rings is 1. The van der Waals surface area contributed by atoms with Gasteiger partial charge in [0, 0.05) is 16.7 Å². The predicted molar refractivity (Wildman–Crippen MR) is 117 cm³/mol. The molecule has 0 atom stereocenters. The predicted octanol–water partition coefficient (Wildman–Crippen LogP) is 5.42. The number of hydrogen-bond donors (Lipinski definition) is 0. The lowest BCUT2D eigenvalue weighted by molar-refractivity contribution is 0.412. The van der Waals surface area contributed by atoms with Gasteiger partial charge in [-0.3, -0.25) is 9.36 Å².